The Morgan fingerprint density at radius 3 is 2.05 bits per heavy atom. The fraction of sp³-hybridized carbons (Fsp3) is 1.00. The number of rotatable bonds is 9. The second-order valence-corrected chi connectivity index (χ2v) is 6.13. The van der Waals surface area contributed by atoms with Crippen LogP contribution in [0, 0.1) is 0 Å². The van der Waals surface area contributed by atoms with E-state index in [1.165, 1.54) is 64.5 Å². The number of piperazine rings is 1. The molecule has 1 fully saturated rings. The fourth-order valence-electron chi connectivity index (χ4n) is 2.86. The van der Waals surface area contributed by atoms with Gasteiger partial charge in [0.2, 0.25) is 0 Å². The van der Waals surface area contributed by atoms with Crippen LogP contribution in [0.25, 0.3) is 0 Å². The first-order chi connectivity index (χ1) is 8.74. The smallest absolute Gasteiger partial charge is 0.0193 e. The summed E-state index contributed by atoms with van der Waals surface area (Å²) >= 11 is 0. The quantitative estimate of drug-likeness (QED) is 0.620. The molecule has 0 amide bonds. The van der Waals surface area contributed by atoms with Crippen LogP contribution in [-0.2, 0) is 0 Å². The third-order valence-electron chi connectivity index (χ3n) is 4.19. The van der Waals surface area contributed by atoms with Gasteiger partial charge in [-0.1, -0.05) is 51.9 Å². The zero-order chi connectivity index (χ0) is 13.2. The minimum atomic E-state index is 0. The lowest BCUT2D eigenvalue weighted by molar-refractivity contribution is 0.144. The van der Waals surface area contributed by atoms with Gasteiger partial charge < -0.3 is 5.32 Å². The SMILES string of the molecule is CCCCCCCCCCN1CC(C)NCC1C.Cl.Cl. The van der Waals surface area contributed by atoms with Crippen molar-refractivity contribution in [1.29, 1.82) is 0 Å². The lowest BCUT2D eigenvalue weighted by Crippen LogP contribution is -2.54. The average Bonchev–Trinajstić information content (AvgIpc) is 2.36. The number of nitrogens with zero attached hydrogens (tertiary/aromatic N) is 1. The molecule has 0 aromatic rings. The molecule has 0 aromatic carbocycles. The van der Waals surface area contributed by atoms with Gasteiger partial charge >= 0.3 is 0 Å². The van der Waals surface area contributed by atoms with Crippen molar-refractivity contribution in [1.82, 2.24) is 10.2 Å². The van der Waals surface area contributed by atoms with Crippen LogP contribution in [0.4, 0.5) is 0 Å². The van der Waals surface area contributed by atoms with Crippen LogP contribution in [0.3, 0.4) is 0 Å². The number of hydrogen-bond acceptors (Lipinski definition) is 2. The van der Waals surface area contributed by atoms with Gasteiger partial charge in [0.1, 0.15) is 0 Å². The second-order valence-electron chi connectivity index (χ2n) is 6.13. The van der Waals surface area contributed by atoms with Crippen molar-refractivity contribution in [3.05, 3.63) is 0 Å². The first-order valence-corrected chi connectivity index (χ1v) is 8.21. The van der Waals surface area contributed by atoms with Crippen molar-refractivity contribution in [2.24, 2.45) is 0 Å². The molecule has 4 heteroatoms. The molecule has 2 atom stereocenters. The minimum absolute atomic E-state index is 0. The van der Waals surface area contributed by atoms with Crippen LogP contribution in [0.5, 0.6) is 0 Å². The van der Waals surface area contributed by atoms with Crippen molar-refractivity contribution < 1.29 is 0 Å². The minimum Gasteiger partial charge on any atom is -0.311 e. The van der Waals surface area contributed by atoms with Gasteiger partial charge in [0.05, 0.1) is 0 Å². The van der Waals surface area contributed by atoms with E-state index in [1.54, 1.807) is 0 Å². The van der Waals surface area contributed by atoms with E-state index in [0.717, 1.165) is 12.6 Å². The van der Waals surface area contributed by atoms with Gasteiger partial charge in [-0.2, -0.15) is 0 Å². The molecule has 1 N–H and O–H groups in total. The Balaban J connectivity index is 0. The molecule has 0 aromatic heterocycles. The molecule has 0 saturated carbocycles. The van der Waals surface area contributed by atoms with Crippen LogP contribution >= 0.6 is 24.8 Å². The molecule has 1 rings (SSSR count). The van der Waals surface area contributed by atoms with E-state index in [0.29, 0.717) is 6.04 Å². The normalized spacial score (nSPS) is 22.9. The Kier molecular flexibility index (Phi) is 16.4. The Labute approximate surface area is 139 Å². The van der Waals surface area contributed by atoms with Gasteiger partial charge in [0.25, 0.3) is 0 Å². The Morgan fingerprint density at radius 2 is 1.45 bits per heavy atom. The van der Waals surface area contributed by atoms with Crippen LogP contribution < -0.4 is 5.32 Å². The molecule has 0 radical (unpaired) electrons. The van der Waals surface area contributed by atoms with Gasteiger partial charge in [-0.3, -0.25) is 4.90 Å². The summed E-state index contributed by atoms with van der Waals surface area (Å²) in [5.41, 5.74) is 0. The van der Waals surface area contributed by atoms with Crippen LogP contribution in [-0.4, -0.2) is 36.6 Å². The summed E-state index contributed by atoms with van der Waals surface area (Å²) < 4.78 is 0. The lowest BCUT2D eigenvalue weighted by atomic mass is 10.1. The zero-order valence-electron chi connectivity index (χ0n) is 13.7. The molecule has 20 heavy (non-hydrogen) atoms. The third-order valence-corrected chi connectivity index (χ3v) is 4.19. The number of nitrogens with one attached hydrogen (secondary N) is 1. The van der Waals surface area contributed by atoms with Gasteiger partial charge in [0, 0.05) is 25.2 Å². The van der Waals surface area contributed by atoms with Crippen LogP contribution in [0.2, 0.25) is 0 Å². The highest BCUT2D eigenvalue weighted by Gasteiger charge is 2.21. The fourth-order valence-corrected chi connectivity index (χ4v) is 2.86. The highest BCUT2D eigenvalue weighted by molar-refractivity contribution is 5.85. The van der Waals surface area contributed by atoms with Crippen LogP contribution in [0.1, 0.15) is 72.1 Å². The molecule has 1 saturated heterocycles. The van der Waals surface area contributed by atoms with Crippen molar-refractivity contribution in [2.75, 3.05) is 19.6 Å². The summed E-state index contributed by atoms with van der Waals surface area (Å²) in [5.74, 6) is 0. The van der Waals surface area contributed by atoms with Gasteiger partial charge in [0.15, 0.2) is 0 Å². The van der Waals surface area contributed by atoms with E-state index in [2.05, 4.69) is 31.0 Å². The first-order valence-electron chi connectivity index (χ1n) is 8.21. The summed E-state index contributed by atoms with van der Waals surface area (Å²) in [4.78, 5) is 2.66. The van der Waals surface area contributed by atoms with E-state index in [-0.39, 0.29) is 24.8 Å². The number of halogens is 2. The maximum atomic E-state index is 3.55. The molecule has 124 valence electrons. The van der Waals surface area contributed by atoms with E-state index in [1.807, 2.05) is 0 Å². The van der Waals surface area contributed by atoms with Crippen LogP contribution in [0.15, 0.2) is 0 Å². The Bertz CT molecular complexity index is 203. The molecule has 1 aliphatic rings. The third kappa shape index (κ3) is 10.3. The van der Waals surface area contributed by atoms with Gasteiger partial charge in [-0.25, -0.2) is 0 Å². The summed E-state index contributed by atoms with van der Waals surface area (Å²) in [6, 6.07) is 1.40. The van der Waals surface area contributed by atoms with E-state index >= 15 is 0 Å². The van der Waals surface area contributed by atoms with Crippen molar-refractivity contribution in [2.45, 2.75) is 84.2 Å². The molecule has 1 heterocycles. The summed E-state index contributed by atoms with van der Waals surface area (Å²) in [5, 5.41) is 3.55. The van der Waals surface area contributed by atoms with Crippen molar-refractivity contribution in [3.8, 4) is 0 Å². The molecule has 2 unspecified atom stereocenters. The van der Waals surface area contributed by atoms with E-state index < -0.39 is 0 Å². The number of hydrogen-bond donors (Lipinski definition) is 1. The second kappa shape index (κ2) is 14.4. The molecule has 2 nitrogen and oxygen atoms in total. The average molecular weight is 327 g/mol. The summed E-state index contributed by atoms with van der Waals surface area (Å²) in [7, 11) is 0. The van der Waals surface area contributed by atoms with Crippen molar-refractivity contribution in [3.63, 3.8) is 0 Å². The monoisotopic (exact) mass is 326 g/mol. The maximum absolute atomic E-state index is 3.55. The Hall–Kier alpha value is 0.500. The molecular weight excluding hydrogens is 291 g/mol. The molecule has 0 spiro atoms. The number of unbranched alkanes of at least 4 members (excludes halogenated alkanes) is 7. The zero-order valence-corrected chi connectivity index (χ0v) is 15.3. The van der Waals surface area contributed by atoms with E-state index in [4.69, 9.17) is 0 Å². The van der Waals surface area contributed by atoms with Gasteiger partial charge in [-0.15, -0.1) is 24.8 Å². The standard InChI is InChI=1S/C16H34N2.2ClH/c1-4-5-6-7-8-9-10-11-12-18-14-15(2)17-13-16(18)3;;/h15-17H,4-14H2,1-3H3;2*1H. The lowest BCUT2D eigenvalue weighted by Gasteiger charge is -2.37. The predicted molar refractivity (Wildman–Crippen MR) is 95.6 cm³/mol. The maximum Gasteiger partial charge on any atom is 0.0193 e. The molecule has 0 bridgehead atoms. The largest absolute Gasteiger partial charge is 0.311 e. The summed E-state index contributed by atoms with van der Waals surface area (Å²) in [6.07, 6.45) is 11.4. The topological polar surface area (TPSA) is 15.3 Å². The Morgan fingerprint density at radius 1 is 0.900 bits per heavy atom. The predicted octanol–water partition coefficient (Wildman–Crippen LogP) is 4.65. The highest BCUT2D eigenvalue weighted by Crippen LogP contribution is 2.11. The highest BCUT2D eigenvalue weighted by atomic mass is 35.5. The molecule has 1 aliphatic heterocycles. The molecule has 0 aliphatic carbocycles. The molecular formula is C16H36Cl2N2. The van der Waals surface area contributed by atoms with Crippen molar-refractivity contribution >= 4 is 24.8 Å². The van der Waals surface area contributed by atoms with Gasteiger partial charge in [-0.05, 0) is 26.8 Å². The summed E-state index contributed by atoms with van der Waals surface area (Å²) in [6.45, 7) is 10.6. The first kappa shape index (κ1) is 22.8. The van der Waals surface area contributed by atoms with E-state index in [9.17, 15) is 0 Å².